The highest BCUT2D eigenvalue weighted by atomic mass is 32.2. The fraction of sp³-hybridized carbons (Fsp3) is 0.227. The molecule has 0 aliphatic heterocycles. The van der Waals surface area contributed by atoms with E-state index in [1.54, 1.807) is 23.0 Å². The third-order valence-corrected chi connectivity index (χ3v) is 7.51. The highest BCUT2D eigenvalue weighted by Gasteiger charge is 2.16. The molecule has 30 heavy (non-hydrogen) atoms. The van der Waals surface area contributed by atoms with Crippen LogP contribution in [0.1, 0.15) is 12.0 Å². The van der Waals surface area contributed by atoms with Crippen LogP contribution in [0.5, 0.6) is 0 Å². The summed E-state index contributed by atoms with van der Waals surface area (Å²) < 4.78 is 1.54. The Balaban J connectivity index is 1.36. The van der Waals surface area contributed by atoms with Gasteiger partial charge in [-0.1, -0.05) is 48.2 Å². The predicted molar refractivity (Wildman–Crippen MR) is 127 cm³/mol. The monoisotopic (exact) mass is 455 g/mol. The van der Waals surface area contributed by atoms with Crippen LogP contribution in [0.3, 0.4) is 0 Å². The molecule has 1 N–H and O–H groups in total. The third-order valence-electron chi connectivity index (χ3n) is 4.70. The Kier molecular flexibility index (Phi) is 6.66. The lowest BCUT2D eigenvalue weighted by Gasteiger charge is -2.08. The summed E-state index contributed by atoms with van der Waals surface area (Å²) in [5.41, 5.74) is 2.13. The lowest BCUT2D eigenvalue weighted by molar-refractivity contribution is -0.118. The van der Waals surface area contributed by atoms with Crippen molar-refractivity contribution in [2.45, 2.75) is 18.0 Å². The highest BCUT2D eigenvalue weighted by Crippen LogP contribution is 2.34. The van der Waals surface area contributed by atoms with E-state index in [1.165, 1.54) is 28.7 Å². The average Bonchev–Trinajstić information content (AvgIpc) is 3.43. The quantitative estimate of drug-likeness (QED) is 0.240. The van der Waals surface area contributed by atoms with Crippen LogP contribution in [0.25, 0.3) is 20.7 Å². The van der Waals surface area contributed by atoms with E-state index in [0.717, 1.165) is 23.3 Å². The Morgan fingerprint density at radius 1 is 1.17 bits per heavy atom. The molecule has 1 amide bonds. The molecule has 0 aliphatic rings. The normalized spacial score (nSPS) is 11.1. The van der Waals surface area contributed by atoms with E-state index in [4.69, 9.17) is 0 Å². The second-order valence-corrected chi connectivity index (χ2v) is 9.54. The van der Waals surface area contributed by atoms with Crippen molar-refractivity contribution in [1.82, 2.24) is 14.9 Å². The van der Waals surface area contributed by atoms with Crippen LogP contribution in [-0.2, 0) is 18.3 Å². The number of amides is 1. The fourth-order valence-corrected chi connectivity index (χ4v) is 5.75. The number of hydrogen-bond donors (Lipinski definition) is 1. The maximum atomic E-state index is 12.9. The second kappa shape index (κ2) is 9.59. The van der Waals surface area contributed by atoms with Gasteiger partial charge in [0.05, 0.1) is 11.1 Å². The van der Waals surface area contributed by atoms with E-state index in [-0.39, 0.29) is 17.2 Å². The lowest BCUT2D eigenvalue weighted by atomic mass is 10.1. The summed E-state index contributed by atoms with van der Waals surface area (Å²) in [4.78, 5) is 31.6. The average molecular weight is 456 g/mol. The molecule has 0 unspecified atom stereocenters. The largest absolute Gasteiger partial charge is 0.355 e. The number of aryl methyl sites for hydroxylation is 1. The Labute approximate surface area is 186 Å². The Hall–Kier alpha value is -2.42. The van der Waals surface area contributed by atoms with E-state index in [2.05, 4.69) is 22.4 Å². The summed E-state index contributed by atoms with van der Waals surface area (Å²) in [5, 5.41) is 8.14. The van der Waals surface area contributed by atoms with Gasteiger partial charge in [0.1, 0.15) is 4.83 Å². The van der Waals surface area contributed by atoms with Gasteiger partial charge in [-0.05, 0) is 29.9 Å². The summed E-state index contributed by atoms with van der Waals surface area (Å²) >= 11 is 4.37. The molecule has 0 bridgehead atoms. The molecule has 0 radical (unpaired) electrons. The molecule has 4 aromatic rings. The summed E-state index contributed by atoms with van der Waals surface area (Å²) in [6.45, 7) is 0.634. The molecule has 0 atom stereocenters. The lowest BCUT2D eigenvalue weighted by Crippen LogP contribution is -2.27. The van der Waals surface area contributed by atoms with E-state index in [1.807, 2.05) is 41.1 Å². The molecule has 0 fully saturated rings. The summed E-state index contributed by atoms with van der Waals surface area (Å²) in [6.07, 6.45) is 1.83. The van der Waals surface area contributed by atoms with Crippen LogP contribution in [0.15, 0.2) is 63.2 Å². The topological polar surface area (TPSA) is 64.0 Å². The van der Waals surface area contributed by atoms with Crippen molar-refractivity contribution < 1.29 is 4.79 Å². The number of aromatic nitrogens is 2. The van der Waals surface area contributed by atoms with Gasteiger partial charge in [-0.15, -0.1) is 22.7 Å². The number of thioether (sulfide) groups is 1. The van der Waals surface area contributed by atoms with Gasteiger partial charge < -0.3 is 5.32 Å². The minimum atomic E-state index is -0.0737. The molecule has 8 heteroatoms. The van der Waals surface area contributed by atoms with Gasteiger partial charge in [-0.25, -0.2) is 4.98 Å². The molecular formula is C22H21N3O2S3. The fourth-order valence-electron chi connectivity index (χ4n) is 3.14. The zero-order valence-corrected chi connectivity index (χ0v) is 18.9. The Morgan fingerprint density at radius 3 is 2.77 bits per heavy atom. The van der Waals surface area contributed by atoms with Crippen LogP contribution < -0.4 is 10.9 Å². The molecule has 0 saturated carbocycles. The number of carbonyl (C=O) groups is 1. The van der Waals surface area contributed by atoms with Crippen LogP contribution in [-0.4, -0.2) is 27.8 Å². The third kappa shape index (κ3) is 4.66. The number of nitrogens with zero attached hydrogens (tertiary/aromatic N) is 2. The van der Waals surface area contributed by atoms with Gasteiger partial charge in [-0.2, -0.15) is 0 Å². The molecule has 0 aliphatic carbocycles. The minimum absolute atomic E-state index is 0.0483. The van der Waals surface area contributed by atoms with Crippen LogP contribution in [0, 0.1) is 0 Å². The number of thiophene rings is 2. The number of rotatable bonds is 8. The van der Waals surface area contributed by atoms with E-state index < -0.39 is 0 Å². The molecular weight excluding hydrogens is 434 g/mol. The number of nitrogens with one attached hydrogen (secondary N) is 1. The first-order chi connectivity index (χ1) is 14.6. The molecule has 1 aromatic carbocycles. The van der Waals surface area contributed by atoms with E-state index in [0.29, 0.717) is 21.9 Å². The van der Waals surface area contributed by atoms with Crippen molar-refractivity contribution in [3.8, 4) is 10.4 Å². The van der Waals surface area contributed by atoms with Gasteiger partial charge in [0.25, 0.3) is 5.56 Å². The number of benzene rings is 1. The van der Waals surface area contributed by atoms with Gasteiger partial charge in [0.15, 0.2) is 5.16 Å². The van der Waals surface area contributed by atoms with Gasteiger partial charge in [-0.3, -0.25) is 14.2 Å². The van der Waals surface area contributed by atoms with E-state index >= 15 is 0 Å². The Bertz CT molecular complexity index is 1200. The predicted octanol–water partition coefficient (Wildman–Crippen LogP) is 4.56. The summed E-state index contributed by atoms with van der Waals surface area (Å²) in [6, 6.07) is 14.2. The van der Waals surface area contributed by atoms with Crippen LogP contribution >= 0.6 is 34.4 Å². The van der Waals surface area contributed by atoms with Gasteiger partial charge in [0, 0.05) is 29.4 Å². The van der Waals surface area contributed by atoms with Gasteiger partial charge >= 0.3 is 0 Å². The smallest absolute Gasteiger partial charge is 0.263 e. The first-order valence-corrected chi connectivity index (χ1v) is 12.3. The number of carbonyl (C=O) groups excluding carboxylic acids is 1. The Morgan fingerprint density at radius 2 is 2.00 bits per heavy atom. The SMILES string of the molecule is Cn1c(SCC(=O)NCCCc2ccccc2)nc2scc(-c3cccs3)c2c1=O. The van der Waals surface area contributed by atoms with Crippen molar-refractivity contribution in [2.75, 3.05) is 12.3 Å². The summed E-state index contributed by atoms with van der Waals surface area (Å²) in [5.74, 6) is 0.188. The molecule has 0 spiro atoms. The number of fused-ring (bicyclic) bond motifs is 1. The second-order valence-electron chi connectivity index (χ2n) is 6.79. The maximum absolute atomic E-state index is 12.9. The zero-order chi connectivity index (χ0) is 20.9. The molecule has 3 aromatic heterocycles. The summed E-state index contributed by atoms with van der Waals surface area (Å²) in [7, 11) is 1.71. The zero-order valence-electron chi connectivity index (χ0n) is 16.5. The first kappa shape index (κ1) is 20.8. The van der Waals surface area contributed by atoms with Crippen molar-refractivity contribution >= 4 is 50.6 Å². The molecule has 3 heterocycles. The molecule has 0 saturated heterocycles. The van der Waals surface area contributed by atoms with Crippen molar-refractivity contribution in [1.29, 1.82) is 0 Å². The van der Waals surface area contributed by atoms with Crippen molar-refractivity contribution in [3.05, 3.63) is 69.1 Å². The maximum Gasteiger partial charge on any atom is 0.263 e. The van der Waals surface area contributed by atoms with Crippen molar-refractivity contribution in [3.63, 3.8) is 0 Å². The minimum Gasteiger partial charge on any atom is -0.355 e. The molecule has 154 valence electrons. The van der Waals surface area contributed by atoms with Gasteiger partial charge in [0.2, 0.25) is 5.91 Å². The van der Waals surface area contributed by atoms with Crippen molar-refractivity contribution in [2.24, 2.45) is 7.05 Å². The molecule has 5 nitrogen and oxygen atoms in total. The molecule has 4 rings (SSSR count). The van der Waals surface area contributed by atoms with Crippen LogP contribution in [0.2, 0.25) is 0 Å². The highest BCUT2D eigenvalue weighted by molar-refractivity contribution is 7.99. The number of hydrogen-bond acceptors (Lipinski definition) is 6. The first-order valence-electron chi connectivity index (χ1n) is 9.59. The van der Waals surface area contributed by atoms with Crippen LogP contribution in [0.4, 0.5) is 0 Å². The standard InChI is InChI=1S/C22H21N3O2S3/c1-25-21(27)19-16(17-10-6-12-28-17)13-29-20(19)24-22(25)30-14-18(26)23-11-5-9-15-7-3-2-4-8-15/h2-4,6-8,10,12-13H,5,9,11,14H2,1H3,(H,23,26). The van der Waals surface area contributed by atoms with E-state index in [9.17, 15) is 9.59 Å².